The third kappa shape index (κ3) is 4.57. The maximum absolute atomic E-state index is 11.9. The second kappa shape index (κ2) is 9.24. The molecule has 164 valence electrons. The van der Waals surface area contributed by atoms with Gasteiger partial charge in [0, 0.05) is 49.4 Å². The van der Waals surface area contributed by atoms with Crippen LogP contribution in [0, 0.1) is 5.92 Å². The summed E-state index contributed by atoms with van der Waals surface area (Å²) in [5, 5.41) is 20.8. The lowest BCUT2D eigenvalue weighted by atomic mass is 9.84. The summed E-state index contributed by atoms with van der Waals surface area (Å²) in [5.41, 5.74) is 2.78. The standard InChI is InChI=1S/C23H30N6O2/c1-3-17-15-25-29-21(24-14-16-8-10-28(2)22(31)12-16)13-20(27-23(17)29)26-19-7-5-4-6-18(19)9-11-30/h8-13,15,18-19,24,30H,3-7,14H2,1-2H3,(H,26,27)/b11-9+/t18?,19-/m0/s1. The molecule has 31 heavy (non-hydrogen) atoms. The number of aromatic nitrogens is 4. The molecular formula is C23H30N6O2. The van der Waals surface area contributed by atoms with Gasteiger partial charge in [-0.3, -0.25) is 4.79 Å². The van der Waals surface area contributed by atoms with Crippen molar-refractivity contribution in [2.45, 2.75) is 51.6 Å². The summed E-state index contributed by atoms with van der Waals surface area (Å²) in [6.07, 6.45) is 11.9. The Labute approximate surface area is 181 Å². The van der Waals surface area contributed by atoms with E-state index in [1.807, 2.05) is 28.9 Å². The summed E-state index contributed by atoms with van der Waals surface area (Å²) in [4.78, 5) is 16.8. The molecule has 0 radical (unpaired) electrons. The van der Waals surface area contributed by atoms with Gasteiger partial charge in [0.1, 0.15) is 11.6 Å². The van der Waals surface area contributed by atoms with Gasteiger partial charge in [-0.15, -0.1) is 0 Å². The molecule has 0 saturated heterocycles. The average molecular weight is 423 g/mol. The molecule has 1 aliphatic rings. The molecule has 0 aliphatic heterocycles. The number of aliphatic hydroxyl groups excluding tert-OH is 1. The van der Waals surface area contributed by atoms with Gasteiger partial charge in [-0.1, -0.05) is 19.8 Å². The highest BCUT2D eigenvalue weighted by Gasteiger charge is 2.24. The summed E-state index contributed by atoms with van der Waals surface area (Å²) in [6, 6.07) is 5.76. The Bertz CT molecular complexity index is 1130. The molecular weight excluding hydrogens is 392 g/mol. The molecule has 3 aromatic heterocycles. The van der Waals surface area contributed by atoms with Crippen LogP contribution in [0.4, 0.5) is 11.6 Å². The van der Waals surface area contributed by atoms with Crippen molar-refractivity contribution in [2.75, 3.05) is 10.6 Å². The molecule has 0 amide bonds. The number of aliphatic hydroxyl groups is 1. The zero-order chi connectivity index (χ0) is 21.8. The van der Waals surface area contributed by atoms with Crippen LogP contribution in [-0.2, 0) is 20.0 Å². The minimum atomic E-state index is -0.0332. The van der Waals surface area contributed by atoms with Gasteiger partial charge in [0.15, 0.2) is 5.65 Å². The number of hydrogen-bond acceptors (Lipinski definition) is 6. The van der Waals surface area contributed by atoms with E-state index < -0.39 is 0 Å². The molecule has 8 nitrogen and oxygen atoms in total. The van der Waals surface area contributed by atoms with E-state index in [0.717, 1.165) is 60.4 Å². The topological polar surface area (TPSA) is 96.5 Å². The van der Waals surface area contributed by atoms with Crippen LogP contribution in [0.15, 0.2) is 47.7 Å². The summed E-state index contributed by atoms with van der Waals surface area (Å²) < 4.78 is 3.37. The number of pyridine rings is 1. The van der Waals surface area contributed by atoms with Crippen molar-refractivity contribution < 1.29 is 5.11 Å². The fourth-order valence-electron chi connectivity index (χ4n) is 4.22. The Hall–Kier alpha value is -3.29. The van der Waals surface area contributed by atoms with Gasteiger partial charge in [0.05, 0.1) is 12.5 Å². The predicted molar refractivity (Wildman–Crippen MR) is 123 cm³/mol. The highest BCUT2D eigenvalue weighted by Crippen LogP contribution is 2.29. The summed E-state index contributed by atoms with van der Waals surface area (Å²) in [6.45, 7) is 2.60. The second-order valence-corrected chi connectivity index (χ2v) is 8.16. The zero-order valence-electron chi connectivity index (χ0n) is 18.1. The zero-order valence-corrected chi connectivity index (χ0v) is 18.1. The molecule has 2 atom stereocenters. The van der Waals surface area contributed by atoms with Crippen LogP contribution in [0.1, 0.15) is 43.7 Å². The Kier molecular flexibility index (Phi) is 6.25. The van der Waals surface area contributed by atoms with Gasteiger partial charge in [-0.2, -0.15) is 9.61 Å². The van der Waals surface area contributed by atoms with E-state index in [4.69, 9.17) is 4.98 Å². The van der Waals surface area contributed by atoms with E-state index in [1.54, 1.807) is 23.9 Å². The van der Waals surface area contributed by atoms with Gasteiger partial charge >= 0.3 is 0 Å². The molecule has 3 heterocycles. The van der Waals surface area contributed by atoms with Crippen LogP contribution in [0.5, 0.6) is 0 Å². The smallest absolute Gasteiger partial charge is 0.250 e. The normalized spacial score (nSPS) is 19.2. The quantitative estimate of drug-likeness (QED) is 0.503. The molecule has 1 unspecified atom stereocenters. The largest absolute Gasteiger partial charge is 0.516 e. The number of rotatable bonds is 7. The van der Waals surface area contributed by atoms with Crippen molar-refractivity contribution in [2.24, 2.45) is 13.0 Å². The minimum Gasteiger partial charge on any atom is -0.516 e. The fourth-order valence-corrected chi connectivity index (χ4v) is 4.22. The van der Waals surface area contributed by atoms with Crippen molar-refractivity contribution >= 4 is 17.3 Å². The molecule has 3 aromatic rings. The van der Waals surface area contributed by atoms with Gasteiger partial charge in [-0.25, -0.2) is 4.98 Å². The second-order valence-electron chi connectivity index (χ2n) is 8.16. The first-order valence-corrected chi connectivity index (χ1v) is 10.9. The van der Waals surface area contributed by atoms with E-state index in [1.165, 1.54) is 6.42 Å². The Morgan fingerprint density at radius 3 is 2.90 bits per heavy atom. The van der Waals surface area contributed by atoms with Crippen LogP contribution in [0.2, 0.25) is 0 Å². The lowest BCUT2D eigenvalue weighted by molar-refractivity contribution is 0.370. The van der Waals surface area contributed by atoms with Crippen molar-refractivity contribution in [3.63, 3.8) is 0 Å². The first kappa shape index (κ1) is 21.0. The maximum atomic E-state index is 11.9. The summed E-state index contributed by atoms with van der Waals surface area (Å²) >= 11 is 0. The molecule has 0 aromatic carbocycles. The molecule has 0 spiro atoms. The van der Waals surface area contributed by atoms with Crippen LogP contribution in [0.3, 0.4) is 0 Å². The molecule has 4 rings (SSSR count). The molecule has 0 bridgehead atoms. The minimum absolute atomic E-state index is 0.0332. The van der Waals surface area contributed by atoms with Crippen LogP contribution >= 0.6 is 0 Å². The number of anilines is 2. The lowest BCUT2D eigenvalue weighted by Gasteiger charge is -2.30. The van der Waals surface area contributed by atoms with Crippen molar-refractivity contribution in [1.82, 2.24) is 19.2 Å². The number of nitrogens with one attached hydrogen (secondary N) is 2. The molecule has 8 heteroatoms. The number of fused-ring (bicyclic) bond motifs is 1. The third-order valence-electron chi connectivity index (χ3n) is 6.05. The number of aryl methyl sites for hydroxylation is 2. The van der Waals surface area contributed by atoms with Gasteiger partial charge < -0.3 is 20.3 Å². The van der Waals surface area contributed by atoms with Gasteiger partial charge in [-0.05, 0) is 37.0 Å². The molecule has 3 N–H and O–H groups in total. The van der Waals surface area contributed by atoms with Crippen molar-refractivity contribution in [3.8, 4) is 0 Å². The SMILES string of the molecule is CCc1cnn2c(NCc3ccn(C)c(=O)c3)cc(N[C@H]3CCCCC3/C=C/O)nc12. The Morgan fingerprint density at radius 1 is 1.29 bits per heavy atom. The fraction of sp³-hybridized carbons (Fsp3) is 0.435. The number of hydrogen-bond donors (Lipinski definition) is 3. The molecule has 1 aliphatic carbocycles. The summed E-state index contributed by atoms with van der Waals surface area (Å²) in [7, 11) is 1.74. The predicted octanol–water partition coefficient (Wildman–Crippen LogP) is 3.64. The van der Waals surface area contributed by atoms with Crippen LogP contribution in [-0.4, -0.2) is 30.3 Å². The monoisotopic (exact) mass is 422 g/mol. The van der Waals surface area contributed by atoms with E-state index in [0.29, 0.717) is 6.54 Å². The average Bonchev–Trinajstić information content (AvgIpc) is 3.19. The van der Waals surface area contributed by atoms with E-state index >= 15 is 0 Å². The molecule has 1 fully saturated rings. The first-order valence-electron chi connectivity index (χ1n) is 10.9. The third-order valence-corrected chi connectivity index (χ3v) is 6.05. The summed E-state index contributed by atoms with van der Waals surface area (Å²) in [5.74, 6) is 1.89. The van der Waals surface area contributed by atoms with Crippen LogP contribution in [0.25, 0.3) is 5.65 Å². The van der Waals surface area contributed by atoms with Gasteiger partial charge in [0.25, 0.3) is 5.56 Å². The van der Waals surface area contributed by atoms with Crippen molar-refractivity contribution in [1.29, 1.82) is 0 Å². The maximum Gasteiger partial charge on any atom is 0.250 e. The van der Waals surface area contributed by atoms with Crippen molar-refractivity contribution in [3.05, 3.63) is 64.4 Å². The van der Waals surface area contributed by atoms with Crippen LogP contribution < -0.4 is 16.2 Å². The Morgan fingerprint density at radius 2 is 2.13 bits per heavy atom. The van der Waals surface area contributed by atoms with E-state index in [-0.39, 0.29) is 17.5 Å². The lowest BCUT2D eigenvalue weighted by Crippen LogP contribution is -2.31. The highest BCUT2D eigenvalue weighted by atomic mass is 16.2. The van der Waals surface area contributed by atoms with E-state index in [9.17, 15) is 9.90 Å². The van der Waals surface area contributed by atoms with Gasteiger partial charge in [0.2, 0.25) is 0 Å². The first-order chi connectivity index (χ1) is 15.1. The molecule has 1 saturated carbocycles. The van der Waals surface area contributed by atoms with E-state index in [2.05, 4.69) is 22.7 Å². The number of nitrogens with zero attached hydrogens (tertiary/aromatic N) is 4. The highest BCUT2D eigenvalue weighted by molar-refractivity contribution is 5.60. The Balaban J connectivity index is 1.63.